The van der Waals surface area contributed by atoms with Crippen molar-refractivity contribution in [2.75, 3.05) is 5.32 Å². The number of carbonyl (C=O) groups is 1. The van der Waals surface area contributed by atoms with Crippen LogP contribution in [0.4, 0.5) is 19.0 Å². The van der Waals surface area contributed by atoms with Crippen LogP contribution in [0.1, 0.15) is 34.1 Å². The van der Waals surface area contributed by atoms with Crippen molar-refractivity contribution in [3.05, 3.63) is 83.0 Å². The van der Waals surface area contributed by atoms with Crippen LogP contribution in [0.2, 0.25) is 0 Å². The Morgan fingerprint density at radius 1 is 1.10 bits per heavy atom. The topological polar surface area (TPSA) is 66.6 Å². The summed E-state index contributed by atoms with van der Waals surface area (Å²) in [6, 6.07) is 16.1. The van der Waals surface area contributed by atoms with E-state index in [1.54, 1.807) is 60.9 Å². The molecular formula is C22H18F3N3O2. The Bertz CT molecular complexity index is 1150. The molecule has 5 nitrogen and oxygen atoms in total. The number of carboxylic acid groups (broad SMARTS) is 1. The normalized spacial score (nSPS) is 18.4. The van der Waals surface area contributed by atoms with Gasteiger partial charge in [0.15, 0.2) is 11.4 Å². The Balaban J connectivity index is 1.92. The first-order valence-corrected chi connectivity index (χ1v) is 9.17. The van der Waals surface area contributed by atoms with Crippen molar-refractivity contribution < 1.29 is 23.1 Å². The number of nitrogens with one attached hydrogen (secondary N) is 1. The van der Waals surface area contributed by atoms with Gasteiger partial charge in [-0.2, -0.15) is 13.2 Å². The van der Waals surface area contributed by atoms with Gasteiger partial charge in [0.05, 0.1) is 5.56 Å². The van der Waals surface area contributed by atoms with Crippen LogP contribution in [0.5, 0.6) is 0 Å². The fraction of sp³-hybridized carbons (Fsp3) is 0.182. The first kappa shape index (κ1) is 19.8. The third-order valence-corrected chi connectivity index (χ3v) is 5.11. The minimum atomic E-state index is -4.64. The zero-order valence-corrected chi connectivity index (χ0v) is 16.2. The second kappa shape index (κ2) is 6.76. The molecule has 8 heteroatoms. The Kier molecular flexibility index (Phi) is 4.45. The summed E-state index contributed by atoms with van der Waals surface area (Å²) in [6.45, 7) is 3.29. The largest absolute Gasteiger partial charge is 0.478 e. The van der Waals surface area contributed by atoms with E-state index in [2.05, 4.69) is 10.3 Å². The highest BCUT2D eigenvalue weighted by Crippen LogP contribution is 2.41. The SMILES string of the molecule is Cc1cc2c(n1-c1ccc(C(=O)O)cc1)NC(C)(c1ccccc1)N=C2C(F)(F)F. The minimum absolute atomic E-state index is 0.0456. The average Bonchev–Trinajstić information content (AvgIpc) is 3.02. The molecule has 1 aromatic heterocycles. The Morgan fingerprint density at radius 2 is 1.73 bits per heavy atom. The van der Waals surface area contributed by atoms with Gasteiger partial charge < -0.3 is 15.0 Å². The highest BCUT2D eigenvalue weighted by atomic mass is 19.4. The lowest BCUT2D eigenvalue weighted by molar-refractivity contribution is -0.0588. The van der Waals surface area contributed by atoms with Gasteiger partial charge in [0.2, 0.25) is 0 Å². The maximum absolute atomic E-state index is 13.9. The van der Waals surface area contributed by atoms with Crippen LogP contribution in [0.3, 0.4) is 0 Å². The second-order valence-electron chi connectivity index (χ2n) is 7.26. The number of carboxylic acids is 1. The predicted octanol–water partition coefficient (Wildman–Crippen LogP) is 5.13. The summed E-state index contributed by atoms with van der Waals surface area (Å²) < 4.78 is 43.4. The summed E-state index contributed by atoms with van der Waals surface area (Å²) in [5, 5.41) is 12.3. The number of hydrogen-bond acceptors (Lipinski definition) is 3. The van der Waals surface area contributed by atoms with E-state index in [4.69, 9.17) is 5.11 Å². The summed E-state index contributed by atoms with van der Waals surface area (Å²) in [5.41, 5.74) is -0.541. The molecule has 0 saturated heterocycles. The van der Waals surface area contributed by atoms with Gasteiger partial charge in [-0.05, 0) is 49.7 Å². The Labute approximate surface area is 170 Å². The number of rotatable bonds is 3. The van der Waals surface area contributed by atoms with Crippen LogP contribution >= 0.6 is 0 Å². The number of nitrogens with zero attached hydrogens (tertiary/aromatic N) is 2. The molecule has 2 aromatic carbocycles. The summed E-state index contributed by atoms with van der Waals surface area (Å²) in [7, 11) is 0. The van der Waals surface area contributed by atoms with Crippen molar-refractivity contribution in [1.29, 1.82) is 0 Å². The van der Waals surface area contributed by atoms with Crippen LogP contribution in [-0.4, -0.2) is 27.5 Å². The van der Waals surface area contributed by atoms with Gasteiger partial charge in [0, 0.05) is 16.9 Å². The van der Waals surface area contributed by atoms with E-state index >= 15 is 0 Å². The number of aryl methyl sites for hydroxylation is 1. The highest BCUT2D eigenvalue weighted by molar-refractivity contribution is 6.10. The summed E-state index contributed by atoms with van der Waals surface area (Å²) >= 11 is 0. The van der Waals surface area contributed by atoms with Crippen molar-refractivity contribution in [1.82, 2.24) is 4.57 Å². The summed E-state index contributed by atoms with van der Waals surface area (Å²) in [4.78, 5) is 15.2. The van der Waals surface area contributed by atoms with E-state index in [0.717, 1.165) is 0 Å². The predicted molar refractivity (Wildman–Crippen MR) is 107 cm³/mol. The maximum Gasteiger partial charge on any atom is 0.433 e. The second-order valence-corrected chi connectivity index (χ2v) is 7.26. The quantitative estimate of drug-likeness (QED) is 0.625. The molecule has 0 bridgehead atoms. The van der Waals surface area contributed by atoms with E-state index < -0.39 is 23.5 Å². The summed E-state index contributed by atoms with van der Waals surface area (Å²) in [6.07, 6.45) is -4.64. The standard InChI is InChI=1S/C22H18F3N3O2/c1-13-12-17-18(22(23,24)25)26-21(2,15-6-4-3-5-7-15)27-19(17)28(13)16-10-8-14(9-11-16)20(29)30/h3-12,27H,1-2H3,(H,29,30). The van der Waals surface area contributed by atoms with Crippen molar-refractivity contribution in [2.24, 2.45) is 4.99 Å². The number of alkyl halides is 3. The van der Waals surface area contributed by atoms with E-state index in [-0.39, 0.29) is 16.9 Å². The maximum atomic E-state index is 13.9. The molecule has 0 fully saturated rings. The molecule has 0 radical (unpaired) electrons. The van der Waals surface area contributed by atoms with E-state index in [1.807, 2.05) is 0 Å². The van der Waals surface area contributed by atoms with Crippen LogP contribution < -0.4 is 5.32 Å². The van der Waals surface area contributed by atoms with Crippen molar-refractivity contribution in [3.8, 4) is 5.69 Å². The van der Waals surface area contributed by atoms with Crippen molar-refractivity contribution in [3.63, 3.8) is 0 Å². The molecule has 1 atom stereocenters. The number of benzene rings is 2. The minimum Gasteiger partial charge on any atom is -0.478 e. The van der Waals surface area contributed by atoms with E-state index in [1.165, 1.54) is 18.2 Å². The Hall–Kier alpha value is -3.55. The van der Waals surface area contributed by atoms with Gasteiger partial charge in [0.25, 0.3) is 0 Å². The molecule has 30 heavy (non-hydrogen) atoms. The number of anilines is 1. The third kappa shape index (κ3) is 3.24. The number of aromatic carboxylic acids is 1. The molecular weight excluding hydrogens is 395 g/mol. The lowest BCUT2D eigenvalue weighted by Crippen LogP contribution is -2.40. The highest BCUT2D eigenvalue weighted by Gasteiger charge is 2.45. The molecule has 2 heterocycles. The molecule has 0 saturated carbocycles. The molecule has 0 aliphatic carbocycles. The average molecular weight is 413 g/mol. The number of aromatic nitrogens is 1. The number of hydrogen-bond donors (Lipinski definition) is 2. The Morgan fingerprint density at radius 3 is 2.30 bits per heavy atom. The fourth-order valence-corrected chi connectivity index (χ4v) is 3.69. The van der Waals surface area contributed by atoms with Crippen LogP contribution in [0.15, 0.2) is 65.7 Å². The molecule has 3 aromatic rings. The lowest BCUT2D eigenvalue weighted by atomic mass is 9.98. The molecule has 4 rings (SSSR count). The molecule has 2 N–H and O–H groups in total. The molecule has 0 amide bonds. The lowest BCUT2D eigenvalue weighted by Gasteiger charge is -2.35. The molecule has 1 unspecified atom stereocenters. The van der Waals surface area contributed by atoms with Gasteiger partial charge in [-0.3, -0.25) is 0 Å². The van der Waals surface area contributed by atoms with E-state index in [9.17, 15) is 18.0 Å². The van der Waals surface area contributed by atoms with Crippen LogP contribution in [0, 0.1) is 6.92 Å². The smallest absolute Gasteiger partial charge is 0.433 e. The van der Waals surface area contributed by atoms with Crippen LogP contribution in [0.25, 0.3) is 5.69 Å². The van der Waals surface area contributed by atoms with Gasteiger partial charge in [0.1, 0.15) is 5.82 Å². The fourth-order valence-electron chi connectivity index (χ4n) is 3.69. The zero-order valence-electron chi connectivity index (χ0n) is 16.2. The number of fused-ring (bicyclic) bond motifs is 1. The molecule has 1 aliphatic rings. The first-order valence-electron chi connectivity index (χ1n) is 9.17. The van der Waals surface area contributed by atoms with Crippen molar-refractivity contribution >= 4 is 17.5 Å². The molecule has 0 spiro atoms. The van der Waals surface area contributed by atoms with Crippen LogP contribution in [-0.2, 0) is 5.66 Å². The zero-order chi connectivity index (χ0) is 21.7. The van der Waals surface area contributed by atoms with Crippen molar-refractivity contribution in [2.45, 2.75) is 25.7 Å². The first-order chi connectivity index (χ1) is 14.1. The number of aliphatic imine (C=N–C) groups is 1. The summed E-state index contributed by atoms with van der Waals surface area (Å²) in [5.74, 6) is -0.821. The molecule has 1 aliphatic heterocycles. The number of halogens is 3. The van der Waals surface area contributed by atoms with Gasteiger partial charge in [-0.1, -0.05) is 30.3 Å². The van der Waals surface area contributed by atoms with Gasteiger partial charge >= 0.3 is 12.1 Å². The van der Waals surface area contributed by atoms with E-state index in [0.29, 0.717) is 16.9 Å². The molecule has 154 valence electrons. The third-order valence-electron chi connectivity index (χ3n) is 5.11. The monoisotopic (exact) mass is 413 g/mol. The van der Waals surface area contributed by atoms with Gasteiger partial charge in [-0.15, -0.1) is 0 Å². The van der Waals surface area contributed by atoms with Gasteiger partial charge in [-0.25, -0.2) is 9.79 Å².